The van der Waals surface area contributed by atoms with Crippen molar-refractivity contribution in [2.24, 2.45) is 0 Å². The number of likely N-dealkylation sites (tertiary alicyclic amines) is 1. The molecule has 4 rings (SSSR count). The Morgan fingerprint density at radius 2 is 1.69 bits per heavy atom. The van der Waals surface area contributed by atoms with Crippen molar-refractivity contribution in [3.63, 3.8) is 0 Å². The fourth-order valence-electron chi connectivity index (χ4n) is 4.01. The van der Waals surface area contributed by atoms with Crippen LogP contribution in [0.1, 0.15) is 35.2 Å². The molecule has 0 atom stereocenters. The van der Waals surface area contributed by atoms with Crippen LogP contribution in [-0.2, 0) is 0 Å². The molecule has 3 aromatic rings. The minimum atomic E-state index is -0.315. The zero-order valence-corrected chi connectivity index (χ0v) is 16.7. The lowest BCUT2D eigenvalue weighted by Gasteiger charge is -2.32. The number of carbonyl (C=O) groups is 1. The number of halogens is 1. The van der Waals surface area contributed by atoms with Gasteiger partial charge < -0.3 is 9.64 Å². The highest BCUT2D eigenvalue weighted by molar-refractivity contribution is 5.96. The summed E-state index contributed by atoms with van der Waals surface area (Å²) >= 11 is 0. The lowest BCUT2D eigenvalue weighted by atomic mass is 10.0. The first-order valence-corrected chi connectivity index (χ1v) is 10.3. The van der Waals surface area contributed by atoms with E-state index in [4.69, 9.17) is 4.74 Å². The van der Waals surface area contributed by atoms with Gasteiger partial charge in [0.15, 0.2) is 5.78 Å². The van der Waals surface area contributed by atoms with Crippen LogP contribution in [0.25, 0.3) is 10.8 Å². The third kappa shape index (κ3) is 4.65. The van der Waals surface area contributed by atoms with Gasteiger partial charge in [-0.05, 0) is 61.0 Å². The Kier molecular flexibility index (Phi) is 5.91. The molecule has 29 heavy (non-hydrogen) atoms. The summed E-state index contributed by atoms with van der Waals surface area (Å²) < 4.78 is 19.3. The van der Waals surface area contributed by atoms with E-state index in [0.29, 0.717) is 12.0 Å². The van der Waals surface area contributed by atoms with Crippen molar-refractivity contribution in [1.82, 2.24) is 4.90 Å². The van der Waals surface area contributed by atoms with Gasteiger partial charge in [0.2, 0.25) is 0 Å². The molecule has 1 saturated heterocycles. The summed E-state index contributed by atoms with van der Waals surface area (Å²) in [7, 11) is 0. The summed E-state index contributed by atoms with van der Waals surface area (Å²) in [6.07, 6.45) is 2.56. The molecule has 0 amide bonds. The van der Waals surface area contributed by atoms with Gasteiger partial charge in [0.1, 0.15) is 17.7 Å². The fraction of sp³-hybridized carbons (Fsp3) is 0.320. The number of ether oxygens (including phenoxy) is 1. The molecule has 1 heterocycles. The highest BCUT2D eigenvalue weighted by Crippen LogP contribution is 2.30. The number of aryl methyl sites for hydroxylation is 1. The van der Waals surface area contributed by atoms with Crippen LogP contribution in [0.3, 0.4) is 0 Å². The van der Waals surface area contributed by atoms with Gasteiger partial charge in [0, 0.05) is 37.0 Å². The summed E-state index contributed by atoms with van der Waals surface area (Å²) in [5.41, 5.74) is 1.84. The maximum absolute atomic E-state index is 13.0. The van der Waals surface area contributed by atoms with E-state index in [9.17, 15) is 9.18 Å². The molecule has 3 nitrogen and oxygen atoms in total. The molecule has 0 aromatic heterocycles. The Hall–Kier alpha value is -2.72. The maximum Gasteiger partial charge on any atom is 0.164 e. The van der Waals surface area contributed by atoms with Crippen molar-refractivity contribution in [2.45, 2.75) is 32.3 Å². The number of Topliss-reactive ketones (excluding diaryl/α,β-unsaturated/α-hetero) is 1. The van der Waals surface area contributed by atoms with Crippen molar-refractivity contribution < 1.29 is 13.9 Å². The van der Waals surface area contributed by atoms with E-state index in [1.54, 1.807) is 12.1 Å². The van der Waals surface area contributed by atoms with E-state index in [1.165, 1.54) is 28.5 Å². The first-order chi connectivity index (χ1) is 14.1. The van der Waals surface area contributed by atoms with Gasteiger partial charge in [-0.2, -0.15) is 0 Å². The molecular weight excluding hydrogens is 365 g/mol. The van der Waals surface area contributed by atoms with E-state index >= 15 is 0 Å². The molecule has 1 aliphatic rings. The number of piperidine rings is 1. The average molecular weight is 391 g/mol. The van der Waals surface area contributed by atoms with Gasteiger partial charge in [0.05, 0.1) is 0 Å². The summed E-state index contributed by atoms with van der Waals surface area (Å²) in [5.74, 6) is 0.704. The molecule has 0 aliphatic carbocycles. The Morgan fingerprint density at radius 3 is 2.45 bits per heavy atom. The second kappa shape index (κ2) is 8.75. The van der Waals surface area contributed by atoms with Crippen LogP contribution in [0.5, 0.6) is 5.75 Å². The van der Waals surface area contributed by atoms with Crippen molar-refractivity contribution in [1.29, 1.82) is 0 Å². The number of nitrogens with zero attached hydrogens (tertiary/aromatic N) is 1. The normalized spacial score (nSPS) is 15.5. The number of ketones is 1. The third-order valence-corrected chi connectivity index (χ3v) is 5.75. The van der Waals surface area contributed by atoms with Crippen LogP contribution < -0.4 is 4.74 Å². The largest absolute Gasteiger partial charge is 0.490 e. The Bertz CT molecular complexity index is 991. The first-order valence-electron chi connectivity index (χ1n) is 10.3. The van der Waals surface area contributed by atoms with E-state index in [1.807, 2.05) is 0 Å². The van der Waals surface area contributed by atoms with Gasteiger partial charge in [-0.3, -0.25) is 4.79 Å². The summed E-state index contributed by atoms with van der Waals surface area (Å²) in [6.45, 7) is 4.70. The van der Waals surface area contributed by atoms with Crippen molar-refractivity contribution in [2.75, 3.05) is 19.6 Å². The van der Waals surface area contributed by atoms with Gasteiger partial charge in [-0.15, -0.1) is 0 Å². The molecule has 4 heteroatoms. The SMILES string of the molecule is Cc1cccc2c(OC3CCN(CCC(=O)c4ccc(F)cc4)CC3)cccc12. The molecule has 0 saturated carbocycles. The Balaban J connectivity index is 1.29. The highest BCUT2D eigenvalue weighted by Gasteiger charge is 2.21. The van der Waals surface area contributed by atoms with E-state index < -0.39 is 0 Å². The van der Waals surface area contributed by atoms with Gasteiger partial charge in [-0.25, -0.2) is 4.39 Å². The topological polar surface area (TPSA) is 29.5 Å². The van der Waals surface area contributed by atoms with Gasteiger partial charge >= 0.3 is 0 Å². The number of hydrogen-bond acceptors (Lipinski definition) is 3. The van der Waals surface area contributed by atoms with Crippen LogP contribution in [-0.4, -0.2) is 36.4 Å². The number of hydrogen-bond donors (Lipinski definition) is 0. The molecule has 0 N–H and O–H groups in total. The lowest BCUT2D eigenvalue weighted by molar-refractivity contribution is 0.0881. The van der Waals surface area contributed by atoms with Gasteiger partial charge in [-0.1, -0.05) is 30.3 Å². The summed E-state index contributed by atoms with van der Waals surface area (Å²) in [6, 6.07) is 18.4. The number of fused-ring (bicyclic) bond motifs is 1. The highest BCUT2D eigenvalue weighted by atomic mass is 19.1. The minimum Gasteiger partial charge on any atom is -0.490 e. The molecule has 0 spiro atoms. The molecular formula is C25H26FNO2. The van der Waals surface area contributed by atoms with Gasteiger partial charge in [0.25, 0.3) is 0 Å². The predicted octanol–water partition coefficient (Wildman–Crippen LogP) is 5.40. The third-order valence-electron chi connectivity index (χ3n) is 5.75. The van der Waals surface area contributed by atoms with E-state index in [0.717, 1.165) is 38.2 Å². The second-order valence-electron chi connectivity index (χ2n) is 7.77. The van der Waals surface area contributed by atoms with Crippen LogP contribution in [0.2, 0.25) is 0 Å². The lowest BCUT2D eigenvalue weighted by Crippen LogP contribution is -2.39. The van der Waals surface area contributed by atoms with Crippen molar-refractivity contribution in [3.05, 3.63) is 77.6 Å². The molecule has 0 bridgehead atoms. The molecule has 0 radical (unpaired) electrons. The Morgan fingerprint density at radius 1 is 1.00 bits per heavy atom. The van der Waals surface area contributed by atoms with E-state index in [2.05, 4.69) is 48.2 Å². The smallest absolute Gasteiger partial charge is 0.164 e. The van der Waals surface area contributed by atoms with Crippen molar-refractivity contribution >= 4 is 16.6 Å². The fourth-order valence-corrected chi connectivity index (χ4v) is 4.01. The Labute approximate surface area is 171 Å². The van der Waals surface area contributed by atoms with E-state index in [-0.39, 0.29) is 17.7 Å². The zero-order chi connectivity index (χ0) is 20.2. The standard InChI is InChI=1S/C25H26FNO2/c1-18-4-2-6-23-22(18)5-3-7-25(23)29-21-12-15-27(16-13-21)17-14-24(28)19-8-10-20(26)11-9-19/h2-11,21H,12-17H2,1H3. The minimum absolute atomic E-state index is 0.0644. The molecule has 150 valence electrons. The first kappa shape index (κ1) is 19.6. The maximum atomic E-state index is 13.0. The quantitative estimate of drug-likeness (QED) is 0.527. The average Bonchev–Trinajstić information content (AvgIpc) is 2.74. The van der Waals surface area contributed by atoms with Crippen LogP contribution >= 0.6 is 0 Å². The zero-order valence-electron chi connectivity index (χ0n) is 16.7. The van der Waals surface area contributed by atoms with Crippen LogP contribution in [0.4, 0.5) is 4.39 Å². The number of rotatable bonds is 6. The number of benzene rings is 3. The molecule has 0 unspecified atom stereocenters. The molecule has 3 aromatic carbocycles. The summed E-state index contributed by atoms with van der Waals surface area (Å²) in [4.78, 5) is 14.6. The second-order valence-corrected chi connectivity index (χ2v) is 7.77. The monoisotopic (exact) mass is 391 g/mol. The summed E-state index contributed by atoms with van der Waals surface area (Å²) in [5, 5.41) is 2.40. The predicted molar refractivity (Wildman–Crippen MR) is 114 cm³/mol. The van der Waals surface area contributed by atoms with Crippen molar-refractivity contribution in [3.8, 4) is 5.75 Å². The molecule has 1 aliphatic heterocycles. The van der Waals surface area contributed by atoms with Crippen LogP contribution in [0.15, 0.2) is 60.7 Å². The van der Waals surface area contributed by atoms with Crippen LogP contribution in [0, 0.1) is 12.7 Å². The number of carbonyl (C=O) groups excluding carboxylic acids is 1. The molecule has 1 fully saturated rings.